The third-order valence-electron chi connectivity index (χ3n) is 3.33. The normalized spacial score (nSPS) is 11.3. The number of nitrogens with zero attached hydrogens (tertiary/aromatic N) is 4. The number of hydrogen-bond donors (Lipinski definition) is 0. The maximum Gasteiger partial charge on any atom is 0.418 e. The van der Waals surface area contributed by atoms with Gasteiger partial charge in [-0.05, 0) is 12.1 Å². The SMILES string of the molecule is Cn1c(=O)c2c(n(C)c1=O)[n+](=O)c1ccccc1n2[O-]. The Kier molecular flexibility index (Phi) is 2.31. The number of rotatable bonds is 0. The molecule has 0 spiro atoms. The highest BCUT2D eigenvalue weighted by Crippen LogP contribution is 2.12. The summed E-state index contributed by atoms with van der Waals surface area (Å²) in [6, 6.07) is 6.09. The van der Waals surface area contributed by atoms with Gasteiger partial charge in [0.2, 0.25) is 5.52 Å². The van der Waals surface area contributed by atoms with Crippen LogP contribution in [0.2, 0.25) is 0 Å². The molecule has 0 aliphatic carbocycles. The van der Waals surface area contributed by atoms with Crippen molar-refractivity contribution in [2.75, 3.05) is 0 Å². The predicted molar refractivity (Wildman–Crippen MR) is 72.1 cm³/mol. The largest absolute Gasteiger partial charge is 0.805 e. The van der Waals surface area contributed by atoms with E-state index in [1.165, 1.54) is 26.2 Å². The Labute approximate surface area is 110 Å². The third kappa shape index (κ3) is 1.30. The van der Waals surface area contributed by atoms with Gasteiger partial charge in [-0.25, -0.2) is 9.36 Å². The van der Waals surface area contributed by atoms with Gasteiger partial charge in [-0.2, -0.15) is 4.57 Å². The van der Waals surface area contributed by atoms with Gasteiger partial charge in [0.25, 0.3) is 5.56 Å². The van der Waals surface area contributed by atoms with Crippen molar-refractivity contribution in [1.29, 1.82) is 0 Å². The van der Waals surface area contributed by atoms with E-state index < -0.39 is 11.2 Å². The summed E-state index contributed by atoms with van der Waals surface area (Å²) < 4.78 is 2.61. The Morgan fingerprint density at radius 3 is 2.45 bits per heavy atom. The minimum Gasteiger partial charge on any atom is -0.805 e. The molecule has 8 heteroatoms. The number of hydrogen-bond acceptors (Lipinski definition) is 4. The van der Waals surface area contributed by atoms with Crippen LogP contribution in [0.25, 0.3) is 22.2 Å². The van der Waals surface area contributed by atoms with E-state index in [0.717, 1.165) is 9.13 Å². The van der Waals surface area contributed by atoms with Crippen LogP contribution in [0.3, 0.4) is 0 Å². The van der Waals surface area contributed by atoms with E-state index in [-0.39, 0.29) is 22.2 Å². The van der Waals surface area contributed by atoms with Gasteiger partial charge < -0.3 is 9.94 Å². The monoisotopic (exact) mass is 274 g/mol. The van der Waals surface area contributed by atoms with Gasteiger partial charge in [0, 0.05) is 11.5 Å². The summed E-state index contributed by atoms with van der Waals surface area (Å²) in [5.41, 5.74) is -1.91. The van der Waals surface area contributed by atoms with E-state index in [9.17, 15) is 19.7 Å². The first-order chi connectivity index (χ1) is 9.45. The van der Waals surface area contributed by atoms with Gasteiger partial charge in [0.15, 0.2) is 5.52 Å². The number of benzene rings is 1. The summed E-state index contributed by atoms with van der Waals surface area (Å²) in [6.45, 7) is 0. The van der Waals surface area contributed by atoms with Gasteiger partial charge in [0.1, 0.15) is 0 Å². The van der Waals surface area contributed by atoms with Gasteiger partial charge >= 0.3 is 11.3 Å². The minimum atomic E-state index is -0.798. The molecule has 2 aromatic heterocycles. The lowest BCUT2D eigenvalue weighted by Gasteiger charge is -2.15. The van der Waals surface area contributed by atoms with Crippen LogP contribution in [-0.4, -0.2) is 13.9 Å². The van der Waals surface area contributed by atoms with E-state index in [1.54, 1.807) is 12.1 Å². The Bertz CT molecular complexity index is 1040. The Morgan fingerprint density at radius 2 is 1.75 bits per heavy atom. The van der Waals surface area contributed by atoms with E-state index in [1.807, 2.05) is 0 Å². The number of aromatic nitrogens is 4. The molecule has 20 heavy (non-hydrogen) atoms. The van der Waals surface area contributed by atoms with Crippen LogP contribution >= 0.6 is 0 Å². The lowest BCUT2D eigenvalue weighted by Crippen LogP contribution is -2.42. The summed E-state index contributed by atoms with van der Waals surface area (Å²) in [5.74, 6) is 0. The molecule has 0 aliphatic rings. The molecule has 0 atom stereocenters. The molecule has 0 N–H and O–H groups in total. The number of para-hydroxylation sites is 2. The van der Waals surface area contributed by atoms with Crippen molar-refractivity contribution in [3.05, 3.63) is 55.2 Å². The first kappa shape index (κ1) is 12.2. The summed E-state index contributed by atoms with van der Waals surface area (Å²) in [6.07, 6.45) is 0. The molecular formula is C12H10N4O4. The predicted octanol–water partition coefficient (Wildman–Crippen LogP) is -0.548. The Balaban J connectivity index is 2.87. The van der Waals surface area contributed by atoms with Crippen LogP contribution < -0.4 is 15.7 Å². The second-order valence-electron chi connectivity index (χ2n) is 4.46. The molecule has 2 heterocycles. The maximum absolute atomic E-state index is 12.3. The molecule has 0 bridgehead atoms. The smallest absolute Gasteiger partial charge is 0.418 e. The highest BCUT2D eigenvalue weighted by Gasteiger charge is 2.22. The second kappa shape index (κ2) is 3.80. The van der Waals surface area contributed by atoms with Gasteiger partial charge in [0.05, 0.1) is 12.6 Å². The van der Waals surface area contributed by atoms with Gasteiger partial charge in [-0.3, -0.25) is 4.79 Å². The summed E-state index contributed by atoms with van der Waals surface area (Å²) in [7, 11) is 2.60. The zero-order valence-corrected chi connectivity index (χ0v) is 10.7. The van der Waals surface area contributed by atoms with Crippen LogP contribution in [-0.2, 0) is 14.1 Å². The summed E-state index contributed by atoms with van der Waals surface area (Å²) in [4.78, 5) is 36.3. The average Bonchev–Trinajstić information content (AvgIpc) is 2.46. The Hall–Kier alpha value is -2.90. The molecule has 102 valence electrons. The van der Waals surface area contributed by atoms with E-state index in [2.05, 4.69) is 0 Å². The van der Waals surface area contributed by atoms with E-state index >= 15 is 0 Å². The van der Waals surface area contributed by atoms with Crippen molar-refractivity contribution >= 4 is 22.2 Å². The zero-order valence-electron chi connectivity index (χ0n) is 10.7. The summed E-state index contributed by atoms with van der Waals surface area (Å²) >= 11 is 0. The fourth-order valence-corrected chi connectivity index (χ4v) is 2.27. The van der Waals surface area contributed by atoms with Crippen molar-refractivity contribution < 1.29 is 4.43 Å². The van der Waals surface area contributed by atoms with Crippen LogP contribution in [0.5, 0.6) is 0 Å². The molecule has 8 nitrogen and oxygen atoms in total. The van der Waals surface area contributed by atoms with E-state index in [4.69, 9.17) is 0 Å². The average molecular weight is 274 g/mol. The molecule has 0 saturated heterocycles. The van der Waals surface area contributed by atoms with E-state index in [0.29, 0.717) is 9.16 Å². The molecule has 0 amide bonds. The quantitative estimate of drug-likeness (QED) is 0.406. The molecular weight excluding hydrogens is 264 g/mol. The van der Waals surface area contributed by atoms with Crippen LogP contribution in [0, 0.1) is 10.1 Å². The molecule has 1 aromatic carbocycles. The van der Waals surface area contributed by atoms with Crippen molar-refractivity contribution in [3.63, 3.8) is 0 Å². The topological polar surface area (TPSA) is 95.0 Å². The highest BCUT2D eigenvalue weighted by atomic mass is 16.5. The van der Waals surface area contributed by atoms with Crippen LogP contribution in [0.15, 0.2) is 33.9 Å². The first-order valence-electron chi connectivity index (χ1n) is 5.78. The van der Waals surface area contributed by atoms with Crippen molar-refractivity contribution in [1.82, 2.24) is 13.9 Å². The van der Waals surface area contributed by atoms with Crippen molar-refractivity contribution in [2.24, 2.45) is 14.1 Å². The first-order valence-corrected chi connectivity index (χ1v) is 5.78. The maximum atomic E-state index is 12.3. The van der Waals surface area contributed by atoms with Gasteiger partial charge in [-0.1, -0.05) is 17.0 Å². The lowest BCUT2D eigenvalue weighted by atomic mass is 10.3. The van der Waals surface area contributed by atoms with Crippen LogP contribution in [0.4, 0.5) is 0 Å². The molecule has 0 aliphatic heterocycles. The molecule has 0 radical (unpaired) electrons. The van der Waals surface area contributed by atoms with Gasteiger partial charge in [-0.15, -0.1) is 0 Å². The highest BCUT2D eigenvalue weighted by molar-refractivity contribution is 5.81. The molecule has 0 fully saturated rings. The summed E-state index contributed by atoms with van der Waals surface area (Å²) in [5, 5.41) is 12.3. The molecule has 3 rings (SSSR count). The standard InChI is InChI=1S/C12H10N4O4/c1-13-10-9(11(17)14(2)12(13)18)15(19)7-5-3-4-6-8(7)16(10)20/h3-6H,1-2H3. The number of aryl methyl sites for hydroxylation is 1. The lowest BCUT2D eigenvalue weighted by molar-refractivity contribution is -0.437. The zero-order chi connectivity index (χ0) is 14.6. The molecule has 3 aromatic rings. The van der Waals surface area contributed by atoms with Crippen molar-refractivity contribution in [2.45, 2.75) is 0 Å². The fraction of sp³-hybridized carbons (Fsp3) is 0.167. The van der Waals surface area contributed by atoms with Crippen molar-refractivity contribution in [3.8, 4) is 0 Å². The number of fused-ring (bicyclic) bond motifs is 2. The second-order valence-corrected chi connectivity index (χ2v) is 4.46. The molecule has 0 saturated carbocycles. The molecule has 0 unspecified atom stereocenters. The Morgan fingerprint density at radius 1 is 1.10 bits per heavy atom. The third-order valence-corrected chi connectivity index (χ3v) is 3.33. The minimum absolute atomic E-state index is 0.0748. The fourth-order valence-electron chi connectivity index (χ4n) is 2.27. The van der Waals surface area contributed by atoms with Crippen LogP contribution in [0.1, 0.15) is 0 Å².